The van der Waals surface area contributed by atoms with Crippen LogP contribution in [0.4, 0.5) is 4.79 Å². The smallest absolute Gasteiger partial charge is 0.293 e. The third kappa shape index (κ3) is 6.40. The van der Waals surface area contributed by atoms with E-state index in [0.717, 1.165) is 29.3 Å². The van der Waals surface area contributed by atoms with Crippen LogP contribution in [0, 0.1) is 0 Å². The molecule has 1 aliphatic rings. The fourth-order valence-electron chi connectivity index (χ4n) is 3.62. The molecular formula is C27H23Cl2NO4S. The number of methoxy groups -OCH3 is 1. The van der Waals surface area contributed by atoms with Crippen LogP contribution < -0.4 is 9.47 Å². The molecule has 35 heavy (non-hydrogen) atoms. The lowest BCUT2D eigenvalue weighted by atomic mass is 10.1. The number of amides is 2. The molecule has 1 fully saturated rings. The van der Waals surface area contributed by atoms with E-state index in [1.807, 2.05) is 42.5 Å². The molecule has 0 aromatic heterocycles. The number of thioether (sulfide) groups is 1. The van der Waals surface area contributed by atoms with Crippen molar-refractivity contribution in [3.8, 4) is 11.5 Å². The Kier molecular flexibility index (Phi) is 8.39. The molecule has 1 heterocycles. The van der Waals surface area contributed by atoms with Crippen molar-refractivity contribution in [2.24, 2.45) is 0 Å². The number of ether oxygens (including phenoxy) is 2. The molecule has 0 spiro atoms. The first-order valence-corrected chi connectivity index (χ1v) is 12.6. The molecule has 0 atom stereocenters. The zero-order valence-corrected chi connectivity index (χ0v) is 21.3. The Morgan fingerprint density at radius 1 is 0.971 bits per heavy atom. The van der Waals surface area contributed by atoms with E-state index in [4.69, 9.17) is 32.7 Å². The Bertz CT molecular complexity index is 1260. The van der Waals surface area contributed by atoms with Gasteiger partial charge in [-0.2, -0.15) is 0 Å². The Morgan fingerprint density at radius 3 is 2.51 bits per heavy atom. The minimum atomic E-state index is -0.273. The van der Waals surface area contributed by atoms with Crippen molar-refractivity contribution in [3.05, 3.63) is 98.4 Å². The van der Waals surface area contributed by atoms with Gasteiger partial charge in [-0.15, -0.1) is 0 Å². The van der Waals surface area contributed by atoms with E-state index in [-0.39, 0.29) is 17.8 Å². The van der Waals surface area contributed by atoms with Crippen molar-refractivity contribution < 1.29 is 19.1 Å². The number of rotatable bonds is 9. The van der Waals surface area contributed by atoms with Gasteiger partial charge in [0, 0.05) is 22.2 Å². The molecule has 1 saturated heterocycles. The first kappa shape index (κ1) is 25.2. The Morgan fingerprint density at radius 2 is 1.77 bits per heavy atom. The van der Waals surface area contributed by atoms with Gasteiger partial charge in [0.15, 0.2) is 11.5 Å². The molecule has 5 nitrogen and oxygen atoms in total. The van der Waals surface area contributed by atoms with Crippen LogP contribution in [-0.2, 0) is 17.8 Å². The number of nitrogens with zero attached hydrogens (tertiary/aromatic N) is 1. The van der Waals surface area contributed by atoms with Crippen molar-refractivity contribution in [1.82, 2.24) is 4.90 Å². The van der Waals surface area contributed by atoms with Gasteiger partial charge in [0.1, 0.15) is 6.61 Å². The minimum Gasteiger partial charge on any atom is -0.493 e. The summed E-state index contributed by atoms with van der Waals surface area (Å²) in [5.41, 5.74) is 2.71. The topological polar surface area (TPSA) is 55.8 Å². The lowest BCUT2D eigenvalue weighted by molar-refractivity contribution is -0.122. The molecule has 0 unspecified atom stereocenters. The maximum absolute atomic E-state index is 12.8. The summed E-state index contributed by atoms with van der Waals surface area (Å²) in [4.78, 5) is 27.0. The van der Waals surface area contributed by atoms with E-state index in [2.05, 4.69) is 0 Å². The van der Waals surface area contributed by atoms with Crippen LogP contribution in [0.25, 0.3) is 6.08 Å². The summed E-state index contributed by atoms with van der Waals surface area (Å²) in [5.74, 6) is 0.764. The van der Waals surface area contributed by atoms with E-state index < -0.39 is 0 Å². The van der Waals surface area contributed by atoms with Gasteiger partial charge in [-0.3, -0.25) is 14.5 Å². The van der Waals surface area contributed by atoms with Crippen LogP contribution in [0.1, 0.15) is 23.1 Å². The highest BCUT2D eigenvalue weighted by atomic mass is 35.5. The van der Waals surface area contributed by atoms with Gasteiger partial charge in [0.25, 0.3) is 11.1 Å². The molecule has 3 aromatic rings. The van der Waals surface area contributed by atoms with E-state index >= 15 is 0 Å². The zero-order chi connectivity index (χ0) is 24.8. The molecule has 8 heteroatoms. The lowest BCUT2D eigenvalue weighted by Crippen LogP contribution is -2.29. The molecule has 0 aliphatic carbocycles. The molecule has 0 bridgehead atoms. The lowest BCUT2D eigenvalue weighted by Gasteiger charge is -2.13. The highest BCUT2D eigenvalue weighted by Gasteiger charge is 2.34. The fraction of sp³-hybridized carbons (Fsp3) is 0.185. The van der Waals surface area contributed by atoms with Crippen molar-refractivity contribution in [2.45, 2.75) is 19.4 Å². The number of halogens is 2. The van der Waals surface area contributed by atoms with E-state index in [1.165, 1.54) is 10.5 Å². The molecule has 0 saturated carbocycles. The molecule has 4 rings (SSSR count). The third-order valence-electron chi connectivity index (χ3n) is 5.45. The zero-order valence-electron chi connectivity index (χ0n) is 19.0. The van der Waals surface area contributed by atoms with Gasteiger partial charge in [-0.05, 0) is 66.1 Å². The molecular weight excluding hydrogens is 505 g/mol. The van der Waals surface area contributed by atoms with Gasteiger partial charge in [-0.25, -0.2) is 0 Å². The Labute approximate surface area is 218 Å². The largest absolute Gasteiger partial charge is 0.493 e. The molecule has 0 radical (unpaired) electrons. The summed E-state index contributed by atoms with van der Waals surface area (Å²) >= 11 is 13.1. The summed E-state index contributed by atoms with van der Waals surface area (Å²) in [5, 5.41) is 0.829. The third-order valence-corrected chi connectivity index (χ3v) is 6.94. The second-order valence-corrected chi connectivity index (χ2v) is 9.69. The predicted molar refractivity (Wildman–Crippen MR) is 141 cm³/mol. The second-order valence-electron chi connectivity index (χ2n) is 7.86. The van der Waals surface area contributed by atoms with E-state index in [0.29, 0.717) is 39.4 Å². The standard InChI is InChI=1S/C27H23Cl2NO4S/c1-33-24-14-19(9-12-23(24)34-17-20-10-11-21(28)16-22(20)29)15-25-26(31)30(27(32)35-25)13-5-8-18-6-3-2-4-7-18/h2-4,6-7,9-12,14-16H,5,8,13,17H2,1H3/b25-15+. The van der Waals surface area contributed by atoms with Crippen LogP contribution in [0.5, 0.6) is 11.5 Å². The summed E-state index contributed by atoms with van der Waals surface area (Å²) in [6, 6.07) is 20.6. The summed E-state index contributed by atoms with van der Waals surface area (Å²) in [6.45, 7) is 0.633. The molecule has 2 amide bonds. The fourth-order valence-corrected chi connectivity index (χ4v) is 4.95. The van der Waals surface area contributed by atoms with Gasteiger partial charge < -0.3 is 9.47 Å². The number of carbonyl (C=O) groups excluding carboxylic acids is 2. The average molecular weight is 528 g/mol. The SMILES string of the molecule is COc1cc(/C=C2/SC(=O)N(CCCc3ccccc3)C2=O)ccc1OCc1ccc(Cl)cc1Cl. The first-order chi connectivity index (χ1) is 16.9. The minimum absolute atomic E-state index is 0.244. The van der Waals surface area contributed by atoms with Crippen LogP contribution in [0.2, 0.25) is 10.0 Å². The van der Waals surface area contributed by atoms with Crippen molar-refractivity contribution in [3.63, 3.8) is 0 Å². The van der Waals surface area contributed by atoms with Crippen molar-refractivity contribution in [1.29, 1.82) is 0 Å². The van der Waals surface area contributed by atoms with Gasteiger partial charge in [-0.1, -0.05) is 65.7 Å². The second kappa shape index (κ2) is 11.7. The molecule has 1 aliphatic heterocycles. The van der Waals surface area contributed by atoms with Crippen LogP contribution >= 0.6 is 35.0 Å². The number of imide groups is 1. The van der Waals surface area contributed by atoms with Crippen LogP contribution in [-0.4, -0.2) is 29.7 Å². The Hall–Kier alpha value is -2.93. The van der Waals surface area contributed by atoms with E-state index in [9.17, 15) is 9.59 Å². The van der Waals surface area contributed by atoms with Crippen molar-refractivity contribution >= 4 is 52.2 Å². The summed E-state index contributed by atoms with van der Waals surface area (Å²) in [7, 11) is 1.54. The number of benzene rings is 3. The number of hydrogen-bond acceptors (Lipinski definition) is 5. The highest BCUT2D eigenvalue weighted by Crippen LogP contribution is 2.35. The molecule has 180 valence electrons. The predicted octanol–water partition coefficient (Wildman–Crippen LogP) is 7.25. The van der Waals surface area contributed by atoms with Crippen molar-refractivity contribution in [2.75, 3.05) is 13.7 Å². The number of carbonyl (C=O) groups is 2. The first-order valence-electron chi connectivity index (χ1n) is 11.0. The van der Waals surface area contributed by atoms with Crippen LogP contribution in [0.15, 0.2) is 71.6 Å². The summed E-state index contributed by atoms with van der Waals surface area (Å²) < 4.78 is 11.4. The monoisotopic (exact) mass is 527 g/mol. The van der Waals surface area contributed by atoms with Crippen LogP contribution in [0.3, 0.4) is 0 Å². The Balaban J connectivity index is 1.41. The molecule has 0 N–H and O–H groups in total. The normalized spacial score (nSPS) is 14.6. The molecule has 3 aromatic carbocycles. The van der Waals surface area contributed by atoms with E-state index in [1.54, 1.807) is 37.5 Å². The highest BCUT2D eigenvalue weighted by molar-refractivity contribution is 8.18. The number of aryl methyl sites for hydroxylation is 1. The quantitative estimate of drug-likeness (QED) is 0.274. The van der Waals surface area contributed by atoms with Gasteiger partial charge in [0.05, 0.1) is 12.0 Å². The maximum atomic E-state index is 12.8. The average Bonchev–Trinajstić information content (AvgIpc) is 3.12. The maximum Gasteiger partial charge on any atom is 0.293 e. The van der Waals surface area contributed by atoms with Gasteiger partial charge >= 0.3 is 0 Å². The van der Waals surface area contributed by atoms with Gasteiger partial charge in [0.2, 0.25) is 0 Å². The summed E-state index contributed by atoms with van der Waals surface area (Å²) in [6.07, 6.45) is 3.22. The number of hydrogen-bond donors (Lipinski definition) is 0.